The molecule has 0 amide bonds. The van der Waals surface area contributed by atoms with E-state index < -0.39 is 0 Å². The summed E-state index contributed by atoms with van der Waals surface area (Å²) in [7, 11) is 0. The molecular weight excluding hydrogens is 392 g/mol. The van der Waals surface area contributed by atoms with Gasteiger partial charge >= 0.3 is 0 Å². The predicted molar refractivity (Wildman–Crippen MR) is 125 cm³/mol. The number of hydrogen-bond donors (Lipinski definition) is 2. The van der Waals surface area contributed by atoms with Crippen LogP contribution in [0.3, 0.4) is 0 Å². The topological polar surface area (TPSA) is 96.2 Å². The van der Waals surface area contributed by atoms with Crippen molar-refractivity contribution >= 4 is 33.8 Å². The Morgan fingerprint density at radius 1 is 1.06 bits per heavy atom. The summed E-state index contributed by atoms with van der Waals surface area (Å²) in [6.07, 6.45) is 6.51. The number of nitrogens with one attached hydrogen (secondary N) is 2. The minimum atomic E-state index is -0.372. The van der Waals surface area contributed by atoms with Crippen LogP contribution in [-0.2, 0) is 6.54 Å². The van der Waals surface area contributed by atoms with E-state index in [1.54, 1.807) is 12.1 Å². The van der Waals surface area contributed by atoms with E-state index in [0.29, 0.717) is 35.5 Å². The maximum atomic E-state index is 11.6. The first-order chi connectivity index (χ1) is 15.2. The van der Waals surface area contributed by atoms with Crippen molar-refractivity contribution in [3.05, 3.63) is 58.4 Å². The summed E-state index contributed by atoms with van der Waals surface area (Å²) in [6.45, 7) is 5.24. The molecule has 0 saturated carbocycles. The molecule has 1 saturated heterocycles. The third kappa shape index (κ3) is 4.68. The molecule has 0 bridgehead atoms. The van der Waals surface area contributed by atoms with Gasteiger partial charge in [0.25, 0.3) is 5.69 Å². The van der Waals surface area contributed by atoms with Crippen molar-refractivity contribution in [2.75, 3.05) is 35.2 Å². The third-order valence-electron chi connectivity index (χ3n) is 5.70. The molecule has 4 rings (SSSR count). The van der Waals surface area contributed by atoms with E-state index in [0.717, 1.165) is 13.1 Å². The van der Waals surface area contributed by atoms with Gasteiger partial charge in [0.2, 0.25) is 0 Å². The van der Waals surface area contributed by atoms with E-state index in [1.807, 2.05) is 13.0 Å². The van der Waals surface area contributed by atoms with Crippen LogP contribution in [0, 0.1) is 10.1 Å². The molecule has 0 spiro atoms. The molecule has 1 aromatic heterocycles. The highest BCUT2D eigenvalue weighted by Crippen LogP contribution is 2.32. The van der Waals surface area contributed by atoms with Crippen LogP contribution in [0.1, 0.15) is 38.2 Å². The Kier molecular flexibility index (Phi) is 6.45. The minimum Gasteiger partial charge on any atom is -0.380 e. The molecule has 2 aromatic carbocycles. The standard InChI is InChI=1S/C23H28N6O2/c1-2-24-20-14-19-18(13-22(20)29(30)31)23(27-16-26-19)25-15-17-9-5-6-10-21(17)28-11-7-3-4-8-12-28/h5-6,9-10,13-14,16,24H,2-4,7-8,11-12,15H2,1H3,(H,25,26,27). The van der Waals surface area contributed by atoms with Crippen molar-refractivity contribution in [1.29, 1.82) is 0 Å². The quantitative estimate of drug-likeness (QED) is 0.412. The number of nitrogens with zero attached hydrogens (tertiary/aromatic N) is 4. The second-order valence-electron chi connectivity index (χ2n) is 7.78. The number of aromatic nitrogens is 2. The largest absolute Gasteiger partial charge is 0.380 e. The van der Waals surface area contributed by atoms with Crippen LogP contribution >= 0.6 is 0 Å². The molecule has 1 fully saturated rings. The first-order valence-corrected chi connectivity index (χ1v) is 10.9. The Labute approximate surface area is 181 Å². The lowest BCUT2D eigenvalue weighted by molar-refractivity contribution is -0.383. The van der Waals surface area contributed by atoms with Gasteiger partial charge in [0, 0.05) is 43.3 Å². The molecule has 2 N–H and O–H groups in total. The fourth-order valence-electron chi connectivity index (χ4n) is 4.17. The smallest absolute Gasteiger partial charge is 0.293 e. The van der Waals surface area contributed by atoms with E-state index >= 15 is 0 Å². The van der Waals surface area contributed by atoms with Crippen molar-refractivity contribution in [2.45, 2.75) is 39.2 Å². The molecule has 1 aliphatic heterocycles. The first-order valence-electron chi connectivity index (χ1n) is 10.9. The highest BCUT2D eigenvalue weighted by Gasteiger charge is 2.18. The Balaban J connectivity index is 1.63. The monoisotopic (exact) mass is 420 g/mol. The molecule has 3 aromatic rings. The van der Waals surface area contributed by atoms with Crippen LogP contribution < -0.4 is 15.5 Å². The van der Waals surface area contributed by atoms with Gasteiger partial charge in [-0.25, -0.2) is 9.97 Å². The summed E-state index contributed by atoms with van der Waals surface area (Å²) in [5.74, 6) is 0.599. The lowest BCUT2D eigenvalue weighted by Gasteiger charge is -2.25. The van der Waals surface area contributed by atoms with Gasteiger partial charge in [-0.2, -0.15) is 0 Å². The number of nitro groups is 1. The van der Waals surface area contributed by atoms with Gasteiger partial charge in [0.1, 0.15) is 17.8 Å². The van der Waals surface area contributed by atoms with Gasteiger partial charge < -0.3 is 15.5 Å². The van der Waals surface area contributed by atoms with Gasteiger partial charge in [-0.05, 0) is 37.5 Å². The zero-order valence-electron chi connectivity index (χ0n) is 17.8. The van der Waals surface area contributed by atoms with Gasteiger partial charge in [-0.3, -0.25) is 10.1 Å². The van der Waals surface area contributed by atoms with E-state index in [1.165, 1.54) is 43.3 Å². The molecular formula is C23H28N6O2. The highest BCUT2D eigenvalue weighted by atomic mass is 16.6. The predicted octanol–water partition coefficient (Wildman–Crippen LogP) is 4.96. The summed E-state index contributed by atoms with van der Waals surface area (Å²) < 4.78 is 0. The molecule has 1 aliphatic rings. The average molecular weight is 421 g/mol. The lowest BCUT2D eigenvalue weighted by atomic mass is 10.1. The van der Waals surface area contributed by atoms with E-state index in [4.69, 9.17) is 0 Å². The summed E-state index contributed by atoms with van der Waals surface area (Å²) >= 11 is 0. The molecule has 0 aliphatic carbocycles. The highest BCUT2D eigenvalue weighted by molar-refractivity contribution is 5.94. The van der Waals surface area contributed by atoms with Gasteiger partial charge in [0.15, 0.2) is 0 Å². The first kappa shape index (κ1) is 20.8. The Bertz CT molecular complexity index is 1060. The molecule has 31 heavy (non-hydrogen) atoms. The second kappa shape index (κ2) is 9.59. The Morgan fingerprint density at radius 2 is 1.84 bits per heavy atom. The average Bonchev–Trinajstić information content (AvgIpc) is 3.07. The molecule has 0 unspecified atom stereocenters. The van der Waals surface area contributed by atoms with Crippen LogP contribution in [0.2, 0.25) is 0 Å². The van der Waals surface area contributed by atoms with Crippen LogP contribution in [-0.4, -0.2) is 34.5 Å². The number of nitro benzene ring substituents is 1. The SMILES string of the molecule is CCNc1cc2ncnc(NCc3ccccc3N3CCCCCC3)c2cc1[N+](=O)[O-]. The number of hydrogen-bond acceptors (Lipinski definition) is 7. The summed E-state index contributed by atoms with van der Waals surface area (Å²) in [5, 5.41) is 18.7. The number of para-hydroxylation sites is 1. The van der Waals surface area contributed by atoms with Crippen molar-refractivity contribution in [1.82, 2.24) is 9.97 Å². The Morgan fingerprint density at radius 3 is 2.58 bits per heavy atom. The lowest BCUT2D eigenvalue weighted by Crippen LogP contribution is -2.25. The third-order valence-corrected chi connectivity index (χ3v) is 5.70. The summed E-state index contributed by atoms with van der Waals surface area (Å²) in [4.78, 5) is 22.4. The van der Waals surface area contributed by atoms with Gasteiger partial charge in [0.05, 0.1) is 10.4 Å². The molecule has 8 heteroatoms. The molecule has 2 heterocycles. The summed E-state index contributed by atoms with van der Waals surface area (Å²) in [5.41, 5.74) is 3.60. The number of benzene rings is 2. The van der Waals surface area contributed by atoms with Crippen molar-refractivity contribution in [3.63, 3.8) is 0 Å². The van der Waals surface area contributed by atoms with Crippen LogP contribution in [0.25, 0.3) is 10.9 Å². The van der Waals surface area contributed by atoms with Gasteiger partial charge in [-0.15, -0.1) is 0 Å². The maximum absolute atomic E-state index is 11.6. The number of fused-ring (bicyclic) bond motifs is 1. The fraction of sp³-hybridized carbons (Fsp3) is 0.391. The number of rotatable bonds is 7. The normalized spacial score (nSPS) is 14.3. The van der Waals surface area contributed by atoms with E-state index in [-0.39, 0.29) is 10.6 Å². The van der Waals surface area contributed by atoms with E-state index in [2.05, 4.69) is 43.7 Å². The fourth-order valence-corrected chi connectivity index (χ4v) is 4.17. The zero-order chi connectivity index (χ0) is 21.6. The number of anilines is 3. The molecule has 0 atom stereocenters. The van der Waals surface area contributed by atoms with Crippen molar-refractivity contribution in [3.8, 4) is 0 Å². The summed E-state index contributed by atoms with van der Waals surface area (Å²) in [6, 6.07) is 11.7. The van der Waals surface area contributed by atoms with Crippen molar-refractivity contribution < 1.29 is 4.92 Å². The second-order valence-corrected chi connectivity index (χ2v) is 7.78. The Hall–Kier alpha value is -3.42. The van der Waals surface area contributed by atoms with Crippen LogP contribution in [0.15, 0.2) is 42.7 Å². The van der Waals surface area contributed by atoms with Crippen molar-refractivity contribution in [2.24, 2.45) is 0 Å². The molecule has 0 radical (unpaired) electrons. The molecule has 162 valence electrons. The zero-order valence-corrected chi connectivity index (χ0v) is 17.8. The van der Waals surface area contributed by atoms with E-state index in [9.17, 15) is 10.1 Å². The van der Waals surface area contributed by atoms with Gasteiger partial charge in [-0.1, -0.05) is 31.0 Å². The maximum Gasteiger partial charge on any atom is 0.293 e. The minimum absolute atomic E-state index is 0.0252. The molecule has 8 nitrogen and oxygen atoms in total. The van der Waals surface area contributed by atoms with Crippen LogP contribution in [0.5, 0.6) is 0 Å². The van der Waals surface area contributed by atoms with Crippen LogP contribution in [0.4, 0.5) is 22.9 Å².